The maximum Gasteiger partial charge on any atom is 0.128 e. The number of fused-ring (bicyclic) bond motifs is 1. The van der Waals surface area contributed by atoms with E-state index in [0.29, 0.717) is 0 Å². The highest BCUT2D eigenvalue weighted by atomic mass is 16.5. The van der Waals surface area contributed by atoms with Gasteiger partial charge in [-0.2, -0.15) is 5.10 Å². The second kappa shape index (κ2) is 4.02. The zero-order valence-corrected chi connectivity index (χ0v) is 11.8. The molecule has 100 valence electrons. The van der Waals surface area contributed by atoms with Crippen LogP contribution in [0.2, 0.25) is 0 Å². The van der Waals surface area contributed by atoms with E-state index in [-0.39, 0.29) is 11.6 Å². The number of nitrogens with zero attached hydrogens (tertiary/aromatic N) is 2. The predicted octanol–water partition coefficient (Wildman–Crippen LogP) is 3.05. The quantitative estimate of drug-likeness (QED) is 0.898. The summed E-state index contributed by atoms with van der Waals surface area (Å²) in [7, 11) is 1.93. The molecule has 4 nitrogen and oxygen atoms in total. The third-order valence-corrected chi connectivity index (χ3v) is 3.61. The Morgan fingerprint density at radius 3 is 2.74 bits per heavy atom. The van der Waals surface area contributed by atoms with Gasteiger partial charge in [-0.1, -0.05) is 18.2 Å². The van der Waals surface area contributed by atoms with Gasteiger partial charge >= 0.3 is 0 Å². The van der Waals surface area contributed by atoms with E-state index in [1.165, 1.54) is 5.56 Å². The Morgan fingerprint density at radius 1 is 1.32 bits per heavy atom. The molecule has 2 heterocycles. The van der Waals surface area contributed by atoms with Gasteiger partial charge < -0.3 is 10.1 Å². The highest BCUT2D eigenvalue weighted by Gasteiger charge is 2.41. The van der Waals surface area contributed by atoms with E-state index in [0.717, 1.165) is 17.1 Å². The lowest BCUT2D eigenvalue weighted by atomic mass is 9.94. The van der Waals surface area contributed by atoms with Crippen molar-refractivity contribution in [1.82, 2.24) is 9.78 Å². The van der Waals surface area contributed by atoms with E-state index in [1.54, 1.807) is 0 Å². The van der Waals surface area contributed by atoms with Crippen molar-refractivity contribution in [2.45, 2.75) is 32.4 Å². The number of benzene rings is 1. The first-order valence-corrected chi connectivity index (χ1v) is 6.52. The van der Waals surface area contributed by atoms with E-state index < -0.39 is 0 Å². The van der Waals surface area contributed by atoms with Gasteiger partial charge in [0.2, 0.25) is 0 Å². The molecule has 1 unspecified atom stereocenters. The van der Waals surface area contributed by atoms with Crippen molar-refractivity contribution in [3.63, 3.8) is 0 Å². The summed E-state index contributed by atoms with van der Waals surface area (Å²) in [4.78, 5) is 0. The molecular weight excluding hydrogens is 238 g/mol. The average molecular weight is 257 g/mol. The zero-order valence-electron chi connectivity index (χ0n) is 11.8. The Hall–Kier alpha value is -1.97. The van der Waals surface area contributed by atoms with Crippen LogP contribution >= 0.6 is 0 Å². The summed E-state index contributed by atoms with van der Waals surface area (Å²) in [5.41, 5.74) is 2.99. The smallest absolute Gasteiger partial charge is 0.128 e. The van der Waals surface area contributed by atoms with Crippen molar-refractivity contribution in [3.05, 3.63) is 41.7 Å². The zero-order chi connectivity index (χ0) is 13.6. The van der Waals surface area contributed by atoms with Crippen LogP contribution in [0, 0.1) is 6.92 Å². The minimum atomic E-state index is -0.272. The summed E-state index contributed by atoms with van der Waals surface area (Å²) < 4.78 is 7.86. The Kier molecular flexibility index (Phi) is 2.55. The van der Waals surface area contributed by atoms with E-state index in [1.807, 2.05) is 43.0 Å². The topological polar surface area (TPSA) is 39.1 Å². The number of hydrogen-bond acceptors (Lipinski definition) is 3. The monoisotopic (exact) mass is 257 g/mol. The minimum Gasteiger partial charge on any atom is -0.485 e. The fourth-order valence-electron chi connectivity index (χ4n) is 2.68. The van der Waals surface area contributed by atoms with Crippen molar-refractivity contribution in [3.8, 4) is 5.75 Å². The molecule has 0 radical (unpaired) electrons. The lowest BCUT2D eigenvalue weighted by Gasteiger charge is -2.27. The molecule has 1 aromatic heterocycles. The largest absolute Gasteiger partial charge is 0.485 e. The number of anilines is 1. The molecule has 19 heavy (non-hydrogen) atoms. The molecule has 1 aliphatic rings. The second-order valence-corrected chi connectivity index (χ2v) is 5.62. The van der Waals surface area contributed by atoms with Gasteiger partial charge in [0, 0.05) is 18.8 Å². The SMILES string of the molecule is Cc1nn(C)cc1NC1c2ccccc2OC1(C)C. The molecule has 4 heteroatoms. The summed E-state index contributed by atoms with van der Waals surface area (Å²) in [6.07, 6.45) is 2.01. The maximum absolute atomic E-state index is 6.04. The third-order valence-electron chi connectivity index (χ3n) is 3.61. The molecule has 0 saturated heterocycles. The number of rotatable bonds is 2. The molecule has 0 saturated carbocycles. The summed E-state index contributed by atoms with van der Waals surface area (Å²) in [5, 5.41) is 7.94. The Bertz CT molecular complexity index is 616. The van der Waals surface area contributed by atoms with E-state index in [9.17, 15) is 0 Å². The van der Waals surface area contributed by atoms with Crippen LogP contribution in [0.3, 0.4) is 0 Å². The van der Waals surface area contributed by atoms with Gasteiger partial charge in [0.05, 0.1) is 17.4 Å². The predicted molar refractivity (Wildman–Crippen MR) is 75.5 cm³/mol. The van der Waals surface area contributed by atoms with E-state index >= 15 is 0 Å². The first-order chi connectivity index (χ1) is 8.97. The van der Waals surface area contributed by atoms with Gasteiger partial charge in [-0.05, 0) is 26.8 Å². The Morgan fingerprint density at radius 2 is 2.05 bits per heavy atom. The Balaban J connectivity index is 1.97. The third kappa shape index (κ3) is 1.97. The van der Waals surface area contributed by atoms with E-state index in [2.05, 4.69) is 30.3 Å². The average Bonchev–Trinajstić information content (AvgIpc) is 2.77. The number of ether oxygens (including phenoxy) is 1. The van der Waals surface area contributed by atoms with Crippen molar-refractivity contribution in [1.29, 1.82) is 0 Å². The van der Waals surface area contributed by atoms with Crippen LogP contribution in [-0.2, 0) is 7.05 Å². The molecule has 1 N–H and O–H groups in total. The van der Waals surface area contributed by atoms with Crippen LogP contribution in [0.1, 0.15) is 31.1 Å². The van der Waals surface area contributed by atoms with Crippen molar-refractivity contribution in [2.75, 3.05) is 5.32 Å². The molecule has 0 spiro atoms. The van der Waals surface area contributed by atoms with Gasteiger partial charge in [0.15, 0.2) is 0 Å². The fraction of sp³-hybridized carbons (Fsp3) is 0.400. The number of aryl methyl sites for hydroxylation is 2. The van der Waals surface area contributed by atoms with Gasteiger partial charge in [-0.3, -0.25) is 4.68 Å². The number of aromatic nitrogens is 2. The van der Waals surface area contributed by atoms with Crippen LogP contribution in [0.15, 0.2) is 30.5 Å². The maximum atomic E-state index is 6.04. The molecule has 2 aromatic rings. The molecule has 0 bridgehead atoms. The molecule has 3 rings (SSSR count). The van der Waals surface area contributed by atoms with Gasteiger partial charge in [-0.15, -0.1) is 0 Å². The summed E-state index contributed by atoms with van der Waals surface area (Å²) in [5.74, 6) is 0.964. The van der Waals surface area contributed by atoms with Gasteiger partial charge in [-0.25, -0.2) is 0 Å². The molecule has 0 aliphatic carbocycles. The van der Waals surface area contributed by atoms with Crippen molar-refractivity contribution >= 4 is 5.69 Å². The first-order valence-electron chi connectivity index (χ1n) is 6.52. The van der Waals surface area contributed by atoms with Crippen LogP contribution in [-0.4, -0.2) is 15.4 Å². The first kappa shape index (κ1) is 12.1. The van der Waals surface area contributed by atoms with Crippen molar-refractivity contribution < 1.29 is 4.74 Å². The summed E-state index contributed by atoms with van der Waals surface area (Å²) in [6, 6.07) is 8.33. The lowest BCUT2D eigenvalue weighted by Crippen LogP contribution is -2.34. The van der Waals surface area contributed by atoms with Crippen molar-refractivity contribution in [2.24, 2.45) is 7.05 Å². The van der Waals surface area contributed by atoms with Crippen LogP contribution in [0.4, 0.5) is 5.69 Å². The lowest BCUT2D eigenvalue weighted by molar-refractivity contribution is 0.118. The van der Waals surface area contributed by atoms with Gasteiger partial charge in [0.1, 0.15) is 11.4 Å². The summed E-state index contributed by atoms with van der Waals surface area (Å²) >= 11 is 0. The number of para-hydroxylation sites is 1. The van der Waals surface area contributed by atoms with E-state index in [4.69, 9.17) is 4.74 Å². The van der Waals surface area contributed by atoms with Crippen LogP contribution in [0.25, 0.3) is 0 Å². The molecule has 1 aromatic carbocycles. The van der Waals surface area contributed by atoms with Crippen LogP contribution < -0.4 is 10.1 Å². The second-order valence-electron chi connectivity index (χ2n) is 5.62. The Labute approximate surface area is 113 Å². The number of nitrogens with one attached hydrogen (secondary N) is 1. The molecular formula is C15H19N3O. The molecule has 1 aliphatic heterocycles. The minimum absolute atomic E-state index is 0.131. The molecule has 0 amide bonds. The normalized spacial score (nSPS) is 19.9. The highest BCUT2D eigenvalue weighted by molar-refractivity contribution is 5.53. The fourth-order valence-corrected chi connectivity index (χ4v) is 2.68. The molecule has 1 atom stereocenters. The van der Waals surface area contributed by atoms with Gasteiger partial charge in [0.25, 0.3) is 0 Å². The number of hydrogen-bond donors (Lipinski definition) is 1. The van der Waals surface area contributed by atoms with Crippen LogP contribution in [0.5, 0.6) is 5.75 Å². The highest BCUT2D eigenvalue weighted by Crippen LogP contribution is 2.44. The molecule has 0 fully saturated rings. The summed E-state index contributed by atoms with van der Waals surface area (Å²) in [6.45, 7) is 6.23. The standard InChI is InChI=1S/C15H19N3O/c1-10-12(9-18(4)17-10)16-14-11-7-5-6-8-13(11)19-15(14,2)3/h5-9,14,16H,1-4H3.